The first-order chi connectivity index (χ1) is 10.0. The molecular weight excluding hydrogens is 293 g/mol. The lowest BCUT2D eigenvalue weighted by atomic mass is 10.0. The third-order valence-corrected chi connectivity index (χ3v) is 5.88. The molecule has 1 aliphatic rings. The molecule has 2 rings (SSSR count). The van der Waals surface area contributed by atoms with E-state index in [1.807, 2.05) is 0 Å². The second-order valence-electron chi connectivity index (χ2n) is 5.43. The largest absolute Gasteiger partial charge is 0.375 e. The number of sulfonamides is 1. The fraction of sp³-hybridized carbons (Fsp3) is 0.600. The first-order valence-electron chi connectivity index (χ1n) is 7.29. The van der Waals surface area contributed by atoms with E-state index >= 15 is 0 Å². The molecule has 118 valence electrons. The molecule has 0 aromatic heterocycles. The van der Waals surface area contributed by atoms with Crippen molar-refractivity contribution in [3.8, 4) is 0 Å². The molecule has 1 N–H and O–H groups in total. The van der Waals surface area contributed by atoms with Gasteiger partial charge in [0.25, 0.3) is 0 Å². The highest BCUT2D eigenvalue weighted by Gasteiger charge is 2.27. The highest BCUT2D eigenvalue weighted by molar-refractivity contribution is 7.90. The second-order valence-corrected chi connectivity index (χ2v) is 7.48. The summed E-state index contributed by atoms with van der Waals surface area (Å²) in [5.74, 6) is -0.357. The Labute approximate surface area is 125 Å². The molecule has 0 heterocycles. The van der Waals surface area contributed by atoms with E-state index in [1.165, 1.54) is 19.2 Å². The van der Waals surface area contributed by atoms with Crippen molar-refractivity contribution in [1.82, 2.24) is 4.72 Å². The molecule has 1 aromatic carbocycles. The van der Waals surface area contributed by atoms with Crippen molar-refractivity contribution in [3.63, 3.8) is 0 Å². The standard InChI is InChI=1S/C15H22FNO3S/c1-20-15(12-6-5-7-13(16)10-12)11-17-21(18,19)14-8-3-2-4-9-14/h5-7,10,14-15,17H,2-4,8-9,11H2,1H3. The van der Waals surface area contributed by atoms with Gasteiger partial charge in [-0.05, 0) is 30.5 Å². The fourth-order valence-electron chi connectivity index (χ4n) is 2.73. The molecule has 0 amide bonds. The first kappa shape index (κ1) is 16.4. The minimum atomic E-state index is -3.33. The molecule has 1 saturated carbocycles. The number of hydrogen-bond donors (Lipinski definition) is 1. The van der Waals surface area contributed by atoms with Crippen molar-refractivity contribution in [3.05, 3.63) is 35.6 Å². The Hall–Kier alpha value is -0.980. The van der Waals surface area contributed by atoms with Gasteiger partial charge in [-0.15, -0.1) is 0 Å². The Kier molecular flexibility index (Phi) is 5.72. The van der Waals surface area contributed by atoms with Crippen LogP contribution < -0.4 is 4.72 Å². The fourth-order valence-corrected chi connectivity index (χ4v) is 4.30. The van der Waals surface area contributed by atoms with Crippen molar-refractivity contribution >= 4 is 10.0 Å². The predicted octanol–water partition coefficient (Wildman–Crippen LogP) is 2.77. The van der Waals surface area contributed by atoms with Crippen LogP contribution in [0.5, 0.6) is 0 Å². The molecule has 0 bridgehead atoms. The van der Waals surface area contributed by atoms with Gasteiger partial charge in [-0.2, -0.15) is 0 Å². The zero-order chi connectivity index (χ0) is 15.3. The molecule has 1 unspecified atom stereocenters. The van der Waals surface area contributed by atoms with Crippen LogP contribution in [0.4, 0.5) is 4.39 Å². The minimum absolute atomic E-state index is 0.124. The number of benzene rings is 1. The van der Waals surface area contributed by atoms with Crippen molar-refractivity contribution in [2.45, 2.75) is 43.5 Å². The predicted molar refractivity (Wildman–Crippen MR) is 79.9 cm³/mol. The van der Waals surface area contributed by atoms with Crippen molar-refractivity contribution in [2.24, 2.45) is 0 Å². The topological polar surface area (TPSA) is 55.4 Å². The average molecular weight is 315 g/mol. The van der Waals surface area contributed by atoms with Gasteiger partial charge in [0.05, 0.1) is 11.4 Å². The summed E-state index contributed by atoms with van der Waals surface area (Å²) in [5, 5.41) is -0.309. The summed E-state index contributed by atoms with van der Waals surface area (Å²) < 4.78 is 45.7. The summed E-state index contributed by atoms with van der Waals surface area (Å²) in [5.41, 5.74) is 0.629. The number of rotatable bonds is 6. The summed E-state index contributed by atoms with van der Waals surface area (Å²) in [6.07, 6.45) is 3.97. The number of hydrogen-bond acceptors (Lipinski definition) is 3. The third-order valence-electron chi connectivity index (χ3n) is 3.97. The van der Waals surface area contributed by atoms with Crippen LogP contribution in [-0.2, 0) is 14.8 Å². The van der Waals surface area contributed by atoms with E-state index in [0.29, 0.717) is 18.4 Å². The quantitative estimate of drug-likeness (QED) is 0.878. The van der Waals surface area contributed by atoms with E-state index in [0.717, 1.165) is 19.3 Å². The van der Waals surface area contributed by atoms with Gasteiger partial charge in [0, 0.05) is 13.7 Å². The molecule has 21 heavy (non-hydrogen) atoms. The number of ether oxygens (including phenoxy) is 1. The molecule has 4 nitrogen and oxygen atoms in total. The van der Waals surface area contributed by atoms with E-state index in [9.17, 15) is 12.8 Å². The monoisotopic (exact) mass is 315 g/mol. The lowest BCUT2D eigenvalue weighted by Crippen LogP contribution is -2.38. The van der Waals surface area contributed by atoms with Crippen LogP contribution >= 0.6 is 0 Å². The van der Waals surface area contributed by atoms with Crippen LogP contribution in [0.3, 0.4) is 0 Å². The highest BCUT2D eigenvalue weighted by Crippen LogP contribution is 2.24. The molecule has 6 heteroatoms. The van der Waals surface area contributed by atoms with E-state index in [2.05, 4.69) is 4.72 Å². The lowest BCUT2D eigenvalue weighted by molar-refractivity contribution is 0.107. The van der Waals surface area contributed by atoms with Crippen LogP contribution in [0.15, 0.2) is 24.3 Å². The van der Waals surface area contributed by atoms with Gasteiger partial charge in [-0.25, -0.2) is 17.5 Å². The summed E-state index contributed by atoms with van der Waals surface area (Å²) in [6, 6.07) is 6.03. The van der Waals surface area contributed by atoms with Gasteiger partial charge in [0.1, 0.15) is 5.82 Å². The molecule has 1 fully saturated rings. The van der Waals surface area contributed by atoms with E-state index in [1.54, 1.807) is 12.1 Å². The molecule has 0 spiro atoms. The second kappa shape index (κ2) is 7.33. The van der Waals surface area contributed by atoms with E-state index < -0.39 is 16.1 Å². The van der Waals surface area contributed by atoms with E-state index in [4.69, 9.17) is 4.74 Å². The third kappa shape index (κ3) is 4.49. The van der Waals surface area contributed by atoms with Gasteiger partial charge in [-0.3, -0.25) is 0 Å². The molecule has 0 saturated heterocycles. The van der Waals surface area contributed by atoms with Gasteiger partial charge in [0.15, 0.2) is 0 Å². The Morgan fingerprint density at radius 3 is 2.67 bits per heavy atom. The minimum Gasteiger partial charge on any atom is -0.375 e. The van der Waals surface area contributed by atoms with Crippen LogP contribution in [0, 0.1) is 5.82 Å². The van der Waals surface area contributed by atoms with Crippen molar-refractivity contribution < 1.29 is 17.5 Å². The van der Waals surface area contributed by atoms with Crippen LogP contribution in [0.1, 0.15) is 43.8 Å². The van der Waals surface area contributed by atoms with Crippen molar-refractivity contribution in [2.75, 3.05) is 13.7 Å². The Bertz CT molecular complexity index is 556. The Morgan fingerprint density at radius 2 is 2.05 bits per heavy atom. The van der Waals surface area contributed by atoms with E-state index in [-0.39, 0.29) is 17.6 Å². The summed E-state index contributed by atoms with van der Waals surface area (Å²) in [7, 11) is -1.84. The Morgan fingerprint density at radius 1 is 1.33 bits per heavy atom. The van der Waals surface area contributed by atoms with Gasteiger partial charge >= 0.3 is 0 Å². The summed E-state index contributed by atoms with van der Waals surface area (Å²) in [6.45, 7) is 0.124. The molecule has 1 aliphatic carbocycles. The highest BCUT2D eigenvalue weighted by atomic mass is 32.2. The maximum absolute atomic E-state index is 13.2. The molecule has 0 aliphatic heterocycles. The van der Waals surface area contributed by atoms with Crippen molar-refractivity contribution in [1.29, 1.82) is 0 Å². The Balaban J connectivity index is 1.99. The van der Waals surface area contributed by atoms with Crippen LogP contribution in [-0.4, -0.2) is 27.3 Å². The lowest BCUT2D eigenvalue weighted by Gasteiger charge is -2.23. The molecule has 1 atom stereocenters. The number of nitrogens with one attached hydrogen (secondary N) is 1. The maximum Gasteiger partial charge on any atom is 0.214 e. The maximum atomic E-state index is 13.2. The summed E-state index contributed by atoms with van der Waals surface area (Å²) in [4.78, 5) is 0. The van der Waals surface area contributed by atoms with Gasteiger partial charge < -0.3 is 4.74 Å². The molecular formula is C15H22FNO3S. The SMILES string of the molecule is COC(CNS(=O)(=O)C1CCCCC1)c1cccc(F)c1. The van der Waals surface area contributed by atoms with Gasteiger partial charge in [0.2, 0.25) is 10.0 Å². The molecule has 0 radical (unpaired) electrons. The zero-order valence-corrected chi connectivity index (χ0v) is 13.0. The summed E-state index contributed by atoms with van der Waals surface area (Å²) >= 11 is 0. The normalized spacial score (nSPS) is 18.6. The van der Waals surface area contributed by atoms with Crippen LogP contribution in [0.2, 0.25) is 0 Å². The first-order valence-corrected chi connectivity index (χ1v) is 8.84. The number of halogens is 1. The smallest absolute Gasteiger partial charge is 0.214 e. The average Bonchev–Trinajstić information content (AvgIpc) is 2.49. The van der Waals surface area contributed by atoms with Gasteiger partial charge in [-0.1, -0.05) is 31.4 Å². The molecule has 1 aromatic rings. The zero-order valence-electron chi connectivity index (χ0n) is 12.2. The van der Waals surface area contributed by atoms with Crippen LogP contribution in [0.25, 0.3) is 0 Å². The number of methoxy groups -OCH3 is 1.